The molecule has 0 fully saturated rings. The number of benzene rings is 2. The molecule has 9 heteroatoms. The molecule has 1 aromatic heterocycles. The van der Waals surface area contributed by atoms with Gasteiger partial charge in [-0.05, 0) is 43.2 Å². The van der Waals surface area contributed by atoms with E-state index in [9.17, 15) is 13.2 Å². The molecule has 0 atom stereocenters. The van der Waals surface area contributed by atoms with Crippen molar-refractivity contribution in [1.29, 1.82) is 0 Å². The number of carbonyl (C=O) groups is 1. The van der Waals surface area contributed by atoms with Crippen LogP contribution in [0.3, 0.4) is 0 Å². The van der Waals surface area contributed by atoms with E-state index in [1.54, 1.807) is 46.8 Å². The first-order valence-electron chi connectivity index (χ1n) is 10.8. The highest BCUT2D eigenvalue weighted by atomic mass is 32.2. The fraction of sp³-hybridized carbons (Fsp3) is 0.391. The summed E-state index contributed by atoms with van der Waals surface area (Å²) in [5.41, 5.74) is 1.04. The molecular formula is C23H29N3O4S2. The van der Waals surface area contributed by atoms with Gasteiger partial charge in [0, 0.05) is 13.1 Å². The van der Waals surface area contributed by atoms with Gasteiger partial charge in [-0.15, -0.1) is 0 Å². The third-order valence-electron chi connectivity index (χ3n) is 5.09. The Morgan fingerprint density at radius 3 is 2.44 bits per heavy atom. The monoisotopic (exact) mass is 475 g/mol. The van der Waals surface area contributed by atoms with Gasteiger partial charge in [-0.1, -0.05) is 50.2 Å². The van der Waals surface area contributed by atoms with Crippen molar-refractivity contribution in [3.8, 4) is 5.75 Å². The molecule has 1 amide bonds. The van der Waals surface area contributed by atoms with Gasteiger partial charge < -0.3 is 4.74 Å². The zero-order chi connectivity index (χ0) is 23.1. The smallest absolute Gasteiger partial charge is 0.261 e. The van der Waals surface area contributed by atoms with Crippen molar-refractivity contribution < 1.29 is 17.9 Å². The van der Waals surface area contributed by atoms with Gasteiger partial charge in [0.1, 0.15) is 5.75 Å². The van der Waals surface area contributed by atoms with Crippen molar-refractivity contribution in [2.45, 2.75) is 44.4 Å². The summed E-state index contributed by atoms with van der Waals surface area (Å²) in [4.78, 5) is 17.4. The number of aromatic nitrogens is 1. The fourth-order valence-electron chi connectivity index (χ4n) is 3.29. The van der Waals surface area contributed by atoms with Gasteiger partial charge in [0.15, 0.2) is 5.13 Å². The van der Waals surface area contributed by atoms with Crippen LogP contribution in [0.15, 0.2) is 47.4 Å². The summed E-state index contributed by atoms with van der Waals surface area (Å²) in [5.74, 6) is 0.137. The first-order valence-corrected chi connectivity index (χ1v) is 13.0. The number of ether oxygens (including phenoxy) is 1. The Kier molecular flexibility index (Phi) is 8.22. The number of anilines is 1. The van der Waals surface area contributed by atoms with Crippen molar-refractivity contribution in [2.24, 2.45) is 0 Å². The Morgan fingerprint density at radius 1 is 1.09 bits per heavy atom. The third kappa shape index (κ3) is 5.46. The fourth-order valence-corrected chi connectivity index (χ4v) is 5.80. The summed E-state index contributed by atoms with van der Waals surface area (Å²) in [6.45, 7) is 5.13. The maximum Gasteiger partial charge on any atom is 0.261 e. The highest BCUT2D eigenvalue weighted by Gasteiger charge is 2.24. The van der Waals surface area contributed by atoms with Crippen LogP contribution in [0.25, 0.3) is 10.2 Å². The lowest BCUT2D eigenvalue weighted by molar-refractivity contribution is 0.102. The molecule has 0 aliphatic carbocycles. The van der Waals surface area contributed by atoms with Crippen molar-refractivity contribution in [2.75, 3.05) is 25.5 Å². The Bertz CT molecular complexity index is 1170. The van der Waals surface area contributed by atoms with E-state index in [1.807, 2.05) is 0 Å². The first-order chi connectivity index (χ1) is 15.4. The summed E-state index contributed by atoms with van der Waals surface area (Å²) in [7, 11) is -2.08. The molecule has 0 aliphatic heterocycles. The van der Waals surface area contributed by atoms with Crippen LogP contribution in [0, 0.1) is 0 Å². The van der Waals surface area contributed by atoms with Crippen LogP contribution >= 0.6 is 11.3 Å². The molecule has 3 aromatic rings. The summed E-state index contributed by atoms with van der Waals surface area (Å²) in [5, 5.41) is 3.19. The van der Waals surface area contributed by atoms with E-state index in [0.29, 0.717) is 39.8 Å². The minimum Gasteiger partial charge on any atom is -0.496 e. The number of sulfonamides is 1. The summed E-state index contributed by atoms with van der Waals surface area (Å²) in [6, 6.07) is 11.9. The maximum atomic E-state index is 13.3. The number of fused-ring (bicyclic) bond motifs is 1. The largest absolute Gasteiger partial charge is 0.496 e. The van der Waals surface area contributed by atoms with Gasteiger partial charge in [-0.25, -0.2) is 13.4 Å². The summed E-state index contributed by atoms with van der Waals surface area (Å²) >= 11 is 1.24. The number of amides is 1. The average Bonchev–Trinajstić information content (AvgIpc) is 3.20. The molecule has 172 valence electrons. The molecule has 0 spiro atoms. The number of carbonyl (C=O) groups excluding carboxylic acids is 1. The Morgan fingerprint density at radius 2 is 1.78 bits per heavy atom. The van der Waals surface area contributed by atoms with Gasteiger partial charge >= 0.3 is 0 Å². The minimum atomic E-state index is -3.59. The number of hydrogen-bond acceptors (Lipinski definition) is 6. The van der Waals surface area contributed by atoms with Crippen LogP contribution < -0.4 is 10.1 Å². The molecule has 0 saturated heterocycles. The van der Waals surface area contributed by atoms with E-state index < -0.39 is 10.0 Å². The number of para-hydroxylation sites is 1. The lowest BCUT2D eigenvalue weighted by Gasteiger charge is -2.21. The summed E-state index contributed by atoms with van der Waals surface area (Å²) < 4.78 is 34.0. The molecule has 0 saturated carbocycles. The number of unbranched alkanes of at least 4 members (excludes halogenated alkanes) is 2. The molecule has 0 aliphatic rings. The lowest BCUT2D eigenvalue weighted by Crippen LogP contribution is -2.33. The number of nitrogens with zero attached hydrogens (tertiary/aromatic N) is 2. The van der Waals surface area contributed by atoms with Crippen molar-refractivity contribution in [3.05, 3.63) is 48.0 Å². The molecule has 0 radical (unpaired) electrons. The van der Waals surface area contributed by atoms with Gasteiger partial charge in [0.05, 0.1) is 27.8 Å². The van der Waals surface area contributed by atoms with Crippen LogP contribution in [-0.2, 0) is 10.0 Å². The van der Waals surface area contributed by atoms with Crippen LogP contribution in [0.2, 0.25) is 0 Å². The lowest BCUT2D eigenvalue weighted by atomic mass is 10.2. The number of hydrogen-bond donors (Lipinski definition) is 1. The van der Waals surface area contributed by atoms with E-state index in [1.165, 1.54) is 18.4 Å². The van der Waals surface area contributed by atoms with E-state index in [4.69, 9.17) is 4.74 Å². The van der Waals surface area contributed by atoms with Crippen LogP contribution in [0.4, 0.5) is 5.13 Å². The average molecular weight is 476 g/mol. The van der Waals surface area contributed by atoms with E-state index in [0.717, 1.165) is 25.7 Å². The Labute approximate surface area is 193 Å². The number of thiazole rings is 1. The standard InChI is InChI=1S/C23H29N3O4S2/c1-4-6-14-26(15-7-5-2)32(28,29)17-12-13-19-21(16-17)31-23(24-19)25-22(27)18-10-8-9-11-20(18)30-3/h8-13,16H,4-7,14-15H2,1-3H3,(H,24,25,27). The second-order valence-electron chi connectivity index (χ2n) is 7.41. The zero-order valence-electron chi connectivity index (χ0n) is 18.6. The molecular weight excluding hydrogens is 446 g/mol. The Hall–Kier alpha value is -2.49. The molecule has 3 rings (SSSR count). The molecule has 32 heavy (non-hydrogen) atoms. The Balaban J connectivity index is 1.85. The van der Waals surface area contributed by atoms with E-state index in [-0.39, 0.29) is 10.8 Å². The quantitative estimate of drug-likeness (QED) is 0.414. The van der Waals surface area contributed by atoms with Gasteiger partial charge in [0.25, 0.3) is 5.91 Å². The van der Waals surface area contributed by atoms with Gasteiger partial charge in [-0.2, -0.15) is 4.31 Å². The van der Waals surface area contributed by atoms with Crippen LogP contribution in [0.1, 0.15) is 49.9 Å². The molecule has 0 bridgehead atoms. The van der Waals surface area contributed by atoms with E-state index >= 15 is 0 Å². The molecule has 1 N–H and O–H groups in total. The third-order valence-corrected chi connectivity index (χ3v) is 7.92. The molecule has 2 aromatic carbocycles. The van der Waals surface area contributed by atoms with Crippen molar-refractivity contribution in [1.82, 2.24) is 9.29 Å². The van der Waals surface area contributed by atoms with Gasteiger partial charge in [-0.3, -0.25) is 10.1 Å². The predicted molar refractivity (Wildman–Crippen MR) is 129 cm³/mol. The second kappa shape index (κ2) is 10.9. The highest BCUT2D eigenvalue weighted by Crippen LogP contribution is 2.30. The molecule has 7 nitrogen and oxygen atoms in total. The minimum absolute atomic E-state index is 0.253. The molecule has 1 heterocycles. The topological polar surface area (TPSA) is 88.6 Å². The van der Waals surface area contributed by atoms with E-state index in [2.05, 4.69) is 24.1 Å². The van der Waals surface area contributed by atoms with Crippen molar-refractivity contribution >= 4 is 42.6 Å². The number of methoxy groups -OCH3 is 1. The number of rotatable bonds is 11. The normalized spacial score (nSPS) is 11.8. The van der Waals surface area contributed by atoms with Crippen LogP contribution in [0.5, 0.6) is 5.75 Å². The highest BCUT2D eigenvalue weighted by molar-refractivity contribution is 7.89. The number of nitrogens with one attached hydrogen (secondary N) is 1. The van der Waals surface area contributed by atoms with Crippen molar-refractivity contribution in [3.63, 3.8) is 0 Å². The van der Waals surface area contributed by atoms with Crippen LogP contribution in [-0.4, -0.2) is 43.8 Å². The zero-order valence-corrected chi connectivity index (χ0v) is 20.3. The second-order valence-corrected chi connectivity index (χ2v) is 10.4. The first kappa shape index (κ1) is 24.2. The predicted octanol–water partition coefficient (Wildman–Crippen LogP) is 5.15. The molecule has 0 unspecified atom stereocenters. The van der Waals surface area contributed by atoms with Gasteiger partial charge in [0.2, 0.25) is 10.0 Å². The SMILES string of the molecule is CCCCN(CCCC)S(=O)(=O)c1ccc2nc(NC(=O)c3ccccc3OC)sc2c1. The summed E-state index contributed by atoms with van der Waals surface area (Å²) in [6.07, 6.45) is 3.51. The maximum absolute atomic E-state index is 13.3.